The van der Waals surface area contributed by atoms with Crippen LogP contribution in [0.2, 0.25) is 0 Å². The molecule has 0 aromatic carbocycles. The molecular weight excluding hydrogens is 299 g/mol. The molecule has 2 fully saturated rings. The van der Waals surface area contributed by atoms with Crippen LogP contribution >= 0.6 is 0 Å². The van der Waals surface area contributed by atoms with Crippen molar-refractivity contribution in [2.75, 3.05) is 13.1 Å². The monoisotopic (exact) mass is 326 g/mol. The van der Waals surface area contributed by atoms with Crippen molar-refractivity contribution in [3.05, 3.63) is 6.92 Å². The average molecular weight is 326 g/mol. The Labute approximate surface area is 138 Å². The summed E-state index contributed by atoms with van der Waals surface area (Å²) in [5, 5.41) is 13.2. The molecule has 0 aromatic heterocycles. The van der Waals surface area contributed by atoms with E-state index >= 15 is 0 Å². The molecule has 103 valence electrons. The Hall–Kier alpha value is 0.694. The Bertz CT molecular complexity index is 181. The van der Waals surface area contributed by atoms with Gasteiger partial charge in [-0.05, 0) is 50.9 Å². The Kier molecular flexibility index (Phi) is 12.0. The summed E-state index contributed by atoms with van der Waals surface area (Å²) in [5.74, 6) is 0.565. The maximum atomic E-state index is 5.96. The second kappa shape index (κ2) is 11.5. The van der Waals surface area contributed by atoms with Crippen LogP contribution < -0.4 is 10.6 Å². The Morgan fingerprint density at radius 1 is 1.06 bits per heavy atom. The molecule has 2 heterocycles. The van der Waals surface area contributed by atoms with Gasteiger partial charge < -0.3 is 29.2 Å². The fourth-order valence-corrected chi connectivity index (χ4v) is 2.77. The van der Waals surface area contributed by atoms with Gasteiger partial charge in [0.05, 0.1) is 0 Å². The van der Waals surface area contributed by atoms with Crippen LogP contribution in [0.5, 0.6) is 0 Å². The van der Waals surface area contributed by atoms with E-state index in [0.717, 1.165) is 0 Å². The van der Waals surface area contributed by atoms with E-state index in [-0.39, 0.29) is 32.7 Å². The molecule has 4 heteroatoms. The number of nitrogens with one attached hydrogen (secondary N) is 3. The number of hydrogen-bond acceptors (Lipinski definition) is 3. The van der Waals surface area contributed by atoms with E-state index in [2.05, 4.69) is 17.6 Å². The minimum absolute atomic E-state index is 0. The summed E-state index contributed by atoms with van der Waals surface area (Å²) in [6.07, 6.45) is 10.1. The second-order valence-corrected chi connectivity index (χ2v) is 5.03. The molecule has 2 aliphatic heterocycles. The maximum absolute atomic E-state index is 5.96. The van der Waals surface area contributed by atoms with E-state index in [9.17, 15) is 0 Å². The molecule has 0 amide bonds. The predicted octanol–water partition coefficient (Wildman–Crippen LogP) is 2.25. The molecule has 0 bridgehead atoms. The van der Waals surface area contributed by atoms with Crippen LogP contribution in [0.4, 0.5) is 0 Å². The van der Waals surface area contributed by atoms with Crippen LogP contribution in [0.25, 0.3) is 0 Å². The van der Waals surface area contributed by atoms with Gasteiger partial charge in [0.1, 0.15) is 0 Å². The van der Waals surface area contributed by atoms with Crippen molar-refractivity contribution in [1.82, 2.24) is 10.6 Å². The van der Waals surface area contributed by atoms with Gasteiger partial charge in [-0.15, -0.1) is 5.92 Å². The minimum Gasteiger partial charge on any atom is -0.519 e. The van der Waals surface area contributed by atoms with Crippen LogP contribution in [-0.4, -0.2) is 31.4 Å². The SMILES string of the molecule is C[C-]=N.[CH2-]C(C1CCCCN1)C1CCCCN1.[Y]. The first-order valence-electron chi connectivity index (χ1n) is 6.93. The zero-order valence-electron chi connectivity index (χ0n) is 11.7. The predicted molar refractivity (Wildman–Crippen MR) is 73.5 cm³/mol. The molecule has 2 atom stereocenters. The fraction of sp³-hybridized carbons (Fsp3) is 0.857. The second-order valence-electron chi connectivity index (χ2n) is 5.03. The zero-order valence-corrected chi connectivity index (χ0v) is 14.5. The van der Waals surface area contributed by atoms with E-state index < -0.39 is 0 Å². The smallest absolute Gasteiger partial charge is 0 e. The topological polar surface area (TPSA) is 47.9 Å². The quantitative estimate of drug-likeness (QED) is 0.538. The Morgan fingerprint density at radius 3 is 1.72 bits per heavy atom. The van der Waals surface area contributed by atoms with Crippen molar-refractivity contribution in [3.63, 3.8) is 0 Å². The van der Waals surface area contributed by atoms with Crippen molar-refractivity contribution >= 4 is 6.21 Å². The van der Waals surface area contributed by atoms with Crippen LogP contribution in [0.15, 0.2) is 0 Å². The summed E-state index contributed by atoms with van der Waals surface area (Å²) in [6, 6.07) is 1.33. The molecule has 2 aliphatic rings. The van der Waals surface area contributed by atoms with Gasteiger partial charge >= 0.3 is 0 Å². The first-order chi connectivity index (χ1) is 8.29. The molecule has 0 aliphatic carbocycles. The minimum atomic E-state index is 0. The summed E-state index contributed by atoms with van der Waals surface area (Å²) in [5.41, 5.74) is 0. The van der Waals surface area contributed by atoms with Crippen molar-refractivity contribution < 1.29 is 32.7 Å². The first kappa shape index (κ1) is 18.7. The maximum Gasteiger partial charge on any atom is 0 e. The molecule has 2 unspecified atom stereocenters. The summed E-state index contributed by atoms with van der Waals surface area (Å²) in [7, 11) is 0. The largest absolute Gasteiger partial charge is 0.519 e. The molecule has 2 rings (SSSR count). The van der Waals surface area contributed by atoms with E-state index in [1.165, 1.54) is 51.6 Å². The van der Waals surface area contributed by atoms with Crippen LogP contribution in [-0.2, 0) is 32.7 Å². The first-order valence-corrected chi connectivity index (χ1v) is 6.93. The van der Waals surface area contributed by atoms with Crippen LogP contribution in [0.1, 0.15) is 45.4 Å². The zero-order chi connectivity index (χ0) is 12.5. The van der Waals surface area contributed by atoms with Crippen molar-refractivity contribution in [2.24, 2.45) is 5.92 Å². The fourth-order valence-electron chi connectivity index (χ4n) is 2.77. The number of hydrogen-bond donors (Lipinski definition) is 3. The summed E-state index contributed by atoms with van der Waals surface area (Å²) in [4.78, 5) is 0. The standard InChI is InChI=1S/C12H23N2.C2H4N.Y/c1-10(11-6-2-4-8-13-11)12-7-3-5-9-14-12;1-2-3;/h10-14H,1-9H2;3H,1H3;/q2*-1;. The molecule has 3 nitrogen and oxygen atoms in total. The molecule has 0 spiro atoms. The number of piperidine rings is 2. The summed E-state index contributed by atoms with van der Waals surface area (Å²) < 4.78 is 0. The van der Waals surface area contributed by atoms with Gasteiger partial charge in [-0.3, -0.25) is 0 Å². The van der Waals surface area contributed by atoms with Gasteiger partial charge in [0.15, 0.2) is 0 Å². The third-order valence-electron chi connectivity index (χ3n) is 3.73. The Balaban J connectivity index is 0.000000660. The molecule has 3 N–H and O–H groups in total. The molecule has 18 heavy (non-hydrogen) atoms. The van der Waals surface area contributed by atoms with E-state index in [1.54, 1.807) is 6.92 Å². The van der Waals surface area contributed by atoms with Crippen molar-refractivity contribution in [2.45, 2.75) is 57.5 Å². The van der Waals surface area contributed by atoms with Gasteiger partial charge in [0.25, 0.3) is 0 Å². The number of rotatable bonds is 2. The van der Waals surface area contributed by atoms with Crippen LogP contribution in [0.3, 0.4) is 0 Å². The average Bonchev–Trinajstić information content (AvgIpc) is 2.41. The molecule has 0 aromatic rings. The molecule has 0 saturated carbocycles. The van der Waals surface area contributed by atoms with Gasteiger partial charge in [-0.1, -0.05) is 12.8 Å². The normalized spacial score (nSPS) is 29.2. The Morgan fingerprint density at radius 2 is 1.44 bits per heavy atom. The van der Waals surface area contributed by atoms with Gasteiger partial charge in [-0.2, -0.15) is 6.92 Å². The van der Waals surface area contributed by atoms with Gasteiger partial charge in [0.2, 0.25) is 0 Å². The van der Waals surface area contributed by atoms with E-state index in [1.807, 2.05) is 6.21 Å². The molecular formula is C14H27N3Y-2. The molecule has 2 saturated heterocycles. The third kappa shape index (κ3) is 6.74. The third-order valence-corrected chi connectivity index (χ3v) is 3.73. The van der Waals surface area contributed by atoms with Crippen LogP contribution in [0, 0.1) is 18.3 Å². The molecule has 1 radical (unpaired) electrons. The summed E-state index contributed by atoms with van der Waals surface area (Å²) in [6.45, 7) is 8.30. The van der Waals surface area contributed by atoms with Crippen molar-refractivity contribution in [1.29, 1.82) is 5.41 Å². The summed E-state index contributed by atoms with van der Waals surface area (Å²) >= 11 is 0. The van der Waals surface area contributed by atoms with E-state index in [0.29, 0.717) is 18.0 Å². The van der Waals surface area contributed by atoms with Crippen molar-refractivity contribution in [3.8, 4) is 0 Å². The van der Waals surface area contributed by atoms with E-state index in [4.69, 9.17) is 5.41 Å². The van der Waals surface area contributed by atoms with Gasteiger partial charge in [-0.25, -0.2) is 0 Å². The van der Waals surface area contributed by atoms with Gasteiger partial charge in [0, 0.05) is 32.7 Å².